The third kappa shape index (κ3) is 2.21. The minimum absolute atomic E-state index is 0.380. The molecule has 0 saturated carbocycles. The number of rotatable bonds is 4. The summed E-state index contributed by atoms with van der Waals surface area (Å²) in [7, 11) is 0. The van der Waals surface area contributed by atoms with E-state index in [4.69, 9.17) is 0 Å². The minimum Gasteiger partial charge on any atom is -0.480 e. The van der Waals surface area contributed by atoms with E-state index in [0.717, 1.165) is 21.6 Å². The van der Waals surface area contributed by atoms with Crippen LogP contribution in [-0.4, -0.2) is 11.1 Å². The maximum absolute atomic E-state index is 11.4. The summed E-state index contributed by atoms with van der Waals surface area (Å²) >= 11 is 1.52. The Balaban J connectivity index is 2.66. The largest absolute Gasteiger partial charge is 0.480 e. The molecular formula is C16H15NO2S. The summed E-state index contributed by atoms with van der Waals surface area (Å²) in [4.78, 5) is 12.4. The van der Waals surface area contributed by atoms with Gasteiger partial charge in [-0.3, -0.25) is 4.79 Å². The van der Waals surface area contributed by atoms with Gasteiger partial charge in [0.1, 0.15) is 0 Å². The molecular weight excluding hydrogens is 270 g/mol. The molecule has 1 heterocycles. The zero-order valence-corrected chi connectivity index (χ0v) is 12.1. The predicted molar refractivity (Wildman–Crippen MR) is 80.3 cm³/mol. The molecule has 0 aromatic carbocycles. The standard InChI is InChI=1S/C16H15NO2S/c1-3-5-10-11(6-4-2)14(13(9-17)16(18)19)15-12(10)7-8-20-15/h3-8,13-14H,1-2H3,(H,18,19)/b5-3-,6-4-. The van der Waals surface area contributed by atoms with Crippen LogP contribution in [0.1, 0.15) is 30.2 Å². The summed E-state index contributed by atoms with van der Waals surface area (Å²) in [5.74, 6) is -2.50. The van der Waals surface area contributed by atoms with E-state index >= 15 is 0 Å². The number of nitrogens with zero attached hydrogens (tertiary/aromatic N) is 1. The van der Waals surface area contributed by atoms with Crippen molar-refractivity contribution in [1.82, 2.24) is 0 Å². The maximum Gasteiger partial charge on any atom is 0.321 e. The second-order valence-corrected chi connectivity index (χ2v) is 5.44. The van der Waals surface area contributed by atoms with Crippen molar-refractivity contribution in [2.24, 2.45) is 5.92 Å². The van der Waals surface area contributed by atoms with E-state index < -0.39 is 11.9 Å². The van der Waals surface area contributed by atoms with Crippen LogP contribution in [0.4, 0.5) is 0 Å². The molecule has 4 heteroatoms. The number of allylic oxidation sites excluding steroid dienone is 6. The average Bonchev–Trinajstić information content (AvgIpc) is 2.96. The van der Waals surface area contributed by atoms with Crippen molar-refractivity contribution in [3.63, 3.8) is 0 Å². The summed E-state index contributed by atoms with van der Waals surface area (Å²) in [5.41, 5.74) is 2.99. The first-order valence-electron chi connectivity index (χ1n) is 6.35. The van der Waals surface area contributed by atoms with Gasteiger partial charge in [0, 0.05) is 10.8 Å². The van der Waals surface area contributed by atoms with Gasteiger partial charge in [-0.15, -0.1) is 11.3 Å². The molecule has 0 radical (unpaired) electrons. The second kappa shape index (κ2) is 5.89. The van der Waals surface area contributed by atoms with Crippen LogP contribution >= 0.6 is 11.3 Å². The van der Waals surface area contributed by atoms with Gasteiger partial charge in [0.05, 0.1) is 6.07 Å². The highest BCUT2D eigenvalue weighted by Crippen LogP contribution is 2.49. The maximum atomic E-state index is 11.4. The van der Waals surface area contributed by atoms with Crippen molar-refractivity contribution in [3.05, 3.63) is 51.8 Å². The lowest BCUT2D eigenvalue weighted by Gasteiger charge is -2.15. The number of hydrogen-bond acceptors (Lipinski definition) is 3. The van der Waals surface area contributed by atoms with E-state index in [1.165, 1.54) is 11.3 Å². The van der Waals surface area contributed by atoms with Gasteiger partial charge in [0.15, 0.2) is 5.92 Å². The molecule has 3 nitrogen and oxygen atoms in total. The van der Waals surface area contributed by atoms with Gasteiger partial charge in [-0.1, -0.05) is 24.3 Å². The molecule has 2 unspecified atom stereocenters. The van der Waals surface area contributed by atoms with Crippen LogP contribution in [-0.2, 0) is 4.79 Å². The highest BCUT2D eigenvalue weighted by molar-refractivity contribution is 7.10. The third-order valence-electron chi connectivity index (χ3n) is 3.33. The van der Waals surface area contributed by atoms with E-state index in [-0.39, 0.29) is 5.92 Å². The van der Waals surface area contributed by atoms with Crippen molar-refractivity contribution < 1.29 is 9.90 Å². The SMILES string of the molecule is C/C=C\C1=C(/C=C\C)C(C(C#N)C(=O)O)c2sccc21. The van der Waals surface area contributed by atoms with Gasteiger partial charge in [-0.05, 0) is 42.0 Å². The molecule has 102 valence electrons. The molecule has 0 spiro atoms. The summed E-state index contributed by atoms with van der Waals surface area (Å²) in [5, 5.41) is 20.5. The zero-order chi connectivity index (χ0) is 14.7. The van der Waals surface area contributed by atoms with Gasteiger partial charge in [0.25, 0.3) is 0 Å². The van der Waals surface area contributed by atoms with Crippen LogP contribution in [0, 0.1) is 17.2 Å². The summed E-state index contributed by atoms with van der Waals surface area (Å²) in [6.45, 7) is 3.82. The molecule has 0 saturated heterocycles. The summed E-state index contributed by atoms with van der Waals surface area (Å²) in [6, 6.07) is 3.94. The number of carbonyl (C=O) groups is 1. The fourth-order valence-electron chi connectivity index (χ4n) is 2.58. The smallest absolute Gasteiger partial charge is 0.321 e. The topological polar surface area (TPSA) is 61.1 Å². The van der Waals surface area contributed by atoms with Crippen molar-refractivity contribution >= 4 is 22.9 Å². The Morgan fingerprint density at radius 1 is 1.45 bits per heavy atom. The normalized spacial score (nSPS) is 19.6. The van der Waals surface area contributed by atoms with Gasteiger partial charge >= 0.3 is 5.97 Å². The number of hydrogen-bond donors (Lipinski definition) is 1. The lowest BCUT2D eigenvalue weighted by molar-refractivity contribution is -0.140. The van der Waals surface area contributed by atoms with Crippen LogP contribution in [0.5, 0.6) is 0 Å². The molecule has 1 aliphatic rings. The first-order chi connectivity index (χ1) is 9.65. The zero-order valence-electron chi connectivity index (χ0n) is 11.3. The number of aliphatic carboxylic acids is 1. The van der Waals surface area contributed by atoms with Gasteiger partial charge < -0.3 is 5.11 Å². The fraction of sp³-hybridized carbons (Fsp3) is 0.250. The molecule has 0 bridgehead atoms. The summed E-state index contributed by atoms with van der Waals surface area (Å²) < 4.78 is 0. The minimum atomic E-state index is -1.07. The Morgan fingerprint density at radius 2 is 2.15 bits per heavy atom. The van der Waals surface area contributed by atoms with Gasteiger partial charge in [-0.25, -0.2) is 0 Å². The van der Waals surface area contributed by atoms with Crippen molar-refractivity contribution in [2.75, 3.05) is 0 Å². The molecule has 2 atom stereocenters. The Labute approximate surface area is 122 Å². The van der Waals surface area contributed by atoms with Crippen molar-refractivity contribution in [3.8, 4) is 6.07 Å². The highest BCUT2D eigenvalue weighted by atomic mass is 32.1. The Hall–Kier alpha value is -2.12. The number of carboxylic acid groups (broad SMARTS) is 1. The first kappa shape index (κ1) is 14.3. The van der Waals surface area contributed by atoms with Crippen molar-refractivity contribution in [1.29, 1.82) is 5.26 Å². The molecule has 2 rings (SSSR count). The van der Waals surface area contributed by atoms with E-state index in [2.05, 4.69) is 0 Å². The molecule has 1 aromatic rings. The van der Waals surface area contributed by atoms with E-state index in [9.17, 15) is 15.2 Å². The number of fused-ring (bicyclic) bond motifs is 1. The molecule has 20 heavy (non-hydrogen) atoms. The molecule has 1 N–H and O–H groups in total. The van der Waals surface area contributed by atoms with Gasteiger partial charge in [-0.2, -0.15) is 5.26 Å². The molecule has 0 aliphatic heterocycles. The Morgan fingerprint density at radius 3 is 2.70 bits per heavy atom. The lowest BCUT2D eigenvalue weighted by Crippen LogP contribution is -2.20. The van der Waals surface area contributed by atoms with E-state index in [0.29, 0.717) is 0 Å². The van der Waals surface area contributed by atoms with Crippen LogP contribution in [0.2, 0.25) is 0 Å². The lowest BCUT2D eigenvalue weighted by atomic mass is 9.87. The van der Waals surface area contributed by atoms with Crippen LogP contribution in [0.25, 0.3) is 5.57 Å². The summed E-state index contributed by atoms with van der Waals surface area (Å²) in [6.07, 6.45) is 7.72. The predicted octanol–water partition coefficient (Wildman–Crippen LogP) is 3.98. The third-order valence-corrected chi connectivity index (χ3v) is 4.33. The molecule has 0 fully saturated rings. The van der Waals surface area contributed by atoms with Crippen LogP contribution in [0.15, 0.2) is 41.3 Å². The molecule has 1 aromatic heterocycles. The second-order valence-electron chi connectivity index (χ2n) is 4.49. The quantitative estimate of drug-likeness (QED) is 0.910. The molecule has 1 aliphatic carbocycles. The van der Waals surface area contributed by atoms with Crippen LogP contribution < -0.4 is 0 Å². The van der Waals surface area contributed by atoms with E-state index in [1.807, 2.05) is 55.7 Å². The number of nitriles is 1. The average molecular weight is 285 g/mol. The highest BCUT2D eigenvalue weighted by Gasteiger charge is 2.39. The van der Waals surface area contributed by atoms with Crippen molar-refractivity contribution in [2.45, 2.75) is 19.8 Å². The Bertz CT molecular complexity index is 658. The monoisotopic (exact) mass is 285 g/mol. The number of carboxylic acids is 1. The number of thiophene rings is 1. The molecule has 0 amide bonds. The van der Waals surface area contributed by atoms with E-state index in [1.54, 1.807) is 0 Å². The first-order valence-corrected chi connectivity index (χ1v) is 7.23. The van der Waals surface area contributed by atoms with Gasteiger partial charge in [0.2, 0.25) is 0 Å². The Kier molecular flexibility index (Phi) is 4.21. The fourth-order valence-corrected chi connectivity index (χ4v) is 3.64. The van der Waals surface area contributed by atoms with Crippen LogP contribution in [0.3, 0.4) is 0 Å².